The van der Waals surface area contributed by atoms with Crippen molar-refractivity contribution in [1.29, 1.82) is 0 Å². The molecule has 0 bridgehead atoms. The zero-order chi connectivity index (χ0) is 13.8. The van der Waals surface area contributed by atoms with E-state index >= 15 is 0 Å². The average Bonchev–Trinajstić information content (AvgIpc) is 2.40. The van der Waals surface area contributed by atoms with E-state index in [9.17, 15) is 0 Å². The van der Waals surface area contributed by atoms with Crippen LogP contribution < -0.4 is 16.4 Å². The highest BCUT2D eigenvalue weighted by Gasteiger charge is 2.11. The van der Waals surface area contributed by atoms with Crippen LogP contribution in [0, 0.1) is 0 Å². The van der Waals surface area contributed by atoms with Gasteiger partial charge in [0.2, 0.25) is 0 Å². The van der Waals surface area contributed by atoms with Crippen molar-refractivity contribution in [2.45, 2.75) is 52.6 Å². The summed E-state index contributed by atoms with van der Waals surface area (Å²) in [6.07, 6.45) is 2.40. The van der Waals surface area contributed by atoms with Crippen molar-refractivity contribution in [3.8, 4) is 0 Å². The fraction of sp³-hybridized carbons (Fsp3) is 1.00. The molecule has 0 fully saturated rings. The SMILES string of the molecule is CCC(C)NCCN(CCNCCN)C(C)CC. The van der Waals surface area contributed by atoms with Crippen LogP contribution in [0.1, 0.15) is 40.5 Å². The summed E-state index contributed by atoms with van der Waals surface area (Å²) < 4.78 is 0. The number of rotatable bonds is 12. The van der Waals surface area contributed by atoms with Crippen LogP contribution in [0.3, 0.4) is 0 Å². The van der Waals surface area contributed by atoms with Gasteiger partial charge >= 0.3 is 0 Å². The maximum atomic E-state index is 5.47. The first kappa shape index (κ1) is 17.8. The molecule has 0 aromatic heterocycles. The average molecular weight is 258 g/mol. The molecule has 0 aromatic rings. The lowest BCUT2D eigenvalue weighted by atomic mass is 10.2. The third-order valence-electron chi connectivity index (χ3n) is 3.62. The zero-order valence-electron chi connectivity index (χ0n) is 12.8. The van der Waals surface area contributed by atoms with Gasteiger partial charge in [0.05, 0.1) is 0 Å². The normalized spacial score (nSPS) is 15.0. The van der Waals surface area contributed by atoms with Gasteiger partial charge in [-0.05, 0) is 26.7 Å². The Morgan fingerprint density at radius 3 is 2.22 bits per heavy atom. The molecule has 0 saturated heterocycles. The molecule has 0 aliphatic heterocycles. The summed E-state index contributed by atoms with van der Waals surface area (Å²) in [5, 5.41) is 6.93. The van der Waals surface area contributed by atoms with Crippen LogP contribution >= 0.6 is 0 Å². The Morgan fingerprint density at radius 1 is 1.00 bits per heavy atom. The number of nitrogens with two attached hydrogens (primary N) is 1. The molecule has 4 heteroatoms. The lowest BCUT2D eigenvalue weighted by Gasteiger charge is -2.29. The smallest absolute Gasteiger partial charge is 0.0110 e. The molecular weight excluding hydrogens is 224 g/mol. The third-order valence-corrected chi connectivity index (χ3v) is 3.62. The van der Waals surface area contributed by atoms with E-state index in [1.165, 1.54) is 12.8 Å². The van der Waals surface area contributed by atoms with Crippen molar-refractivity contribution in [1.82, 2.24) is 15.5 Å². The molecule has 4 nitrogen and oxygen atoms in total. The molecule has 0 aromatic carbocycles. The number of nitrogens with zero attached hydrogens (tertiary/aromatic N) is 1. The van der Waals surface area contributed by atoms with Crippen molar-refractivity contribution in [3.63, 3.8) is 0 Å². The summed E-state index contributed by atoms with van der Waals surface area (Å²) in [5.74, 6) is 0. The molecule has 0 aliphatic rings. The molecular formula is C14H34N4. The zero-order valence-corrected chi connectivity index (χ0v) is 12.8. The Labute approximate surface area is 114 Å². The maximum absolute atomic E-state index is 5.47. The monoisotopic (exact) mass is 258 g/mol. The molecule has 4 N–H and O–H groups in total. The van der Waals surface area contributed by atoms with Gasteiger partial charge < -0.3 is 16.4 Å². The predicted octanol–water partition coefficient (Wildman–Crippen LogP) is 1.02. The molecule has 0 rings (SSSR count). The van der Waals surface area contributed by atoms with Gasteiger partial charge in [-0.1, -0.05) is 13.8 Å². The Kier molecular flexibility index (Phi) is 11.8. The fourth-order valence-corrected chi connectivity index (χ4v) is 1.86. The van der Waals surface area contributed by atoms with Gasteiger partial charge in [0.15, 0.2) is 0 Å². The van der Waals surface area contributed by atoms with E-state index in [1.54, 1.807) is 0 Å². The van der Waals surface area contributed by atoms with E-state index in [-0.39, 0.29) is 0 Å². The summed E-state index contributed by atoms with van der Waals surface area (Å²) in [6.45, 7) is 15.0. The fourth-order valence-electron chi connectivity index (χ4n) is 1.86. The molecule has 0 aliphatic carbocycles. The van der Waals surface area contributed by atoms with Crippen molar-refractivity contribution < 1.29 is 0 Å². The second kappa shape index (κ2) is 11.9. The lowest BCUT2D eigenvalue weighted by molar-refractivity contribution is 0.203. The number of hydrogen-bond donors (Lipinski definition) is 3. The third kappa shape index (κ3) is 8.86. The van der Waals surface area contributed by atoms with Crippen molar-refractivity contribution in [2.24, 2.45) is 5.73 Å². The van der Waals surface area contributed by atoms with Gasteiger partial charge in [0, 0.05) is 51.4 Å². The summed E-state index contributed by atoms with van der Waals surface area (Å²) >= 11 is 0. The minimum Gasteiger partial charge on any atom is -0.329 e. The van der Waals surface area contributed by atoms with E-state index in [1.807, 2.05) is 0 Å². The molecule has 18 heavy (non-hydrogen) atoms. The highest BCUT2D eigenvalue weighted by Crippen LogP contribution is 2.02. The van der Waals surface area contributed by atoms with Gasteiger partial charge in [-0.2, -0.15) is 0 Å². The van der Waals surface area contributed by atoms with Crippen LogP contribution in [-0.2, 0) is 0 Å². The van der Waals surface area contributed by atoms with E-state index < -0.39 is 0 Å². The van der Waals surface area contributed by atoms with Crippen molar-refractivity contribution in [3.05, 3.63) is 0 Å². The van der Waals surface area contributed by atoms with Crippen LogP contribution in [0.5, 0.6) is 0 Å². The summed E-state index contributed by atoms with van der Waals surface area (Å²) in [7, 11) is 0. The quantitative estimate of drug-likeness (QED) is 0.458. The summed E-state index contributed by atoms with van der Waals surface area (Å²) in [5.41, 5.74) is 5.47. The van der Waals surface area contributed by atoms with Crippen molar-refractivity contribution >= 4 is 0 Å². The number of nitrogens with one attached hydrogen (secondary N) is 2. The van der Waals surface area contributed by atoms with E-state index in [2.05, 4.69) is 43.2 Å². The standard InChI is InChI=1S/C14H34N4/c1-5-13(3)17-10-12-18(14(4)6-2)11-9-16-8-7-15/h13-14,16-17H,5-12,15H2,1-4H3. The van der Waals surface area contributed by atoms with E-state index in [0.29, 0.717) is 12.1 Å². The lowest BCUT2D eigenvalue weighted by Crippen LogP contribution is -2.43. The van der Waals surface area contributed by atoms with E-state index in [4.69, 9.17) is 5.73 Å². The molecule has 0 radical (unpaired) electrons. The van der Waals surface area contributed by atoms with Gasteiger partial charge in [0.1, 0.15) is 0 Å². The topological polar surface area (TPSA) is 53.3 Å². The minimum atomic E-state index is 0.624. The van der Waals surface area contributed by atoms with Crippen LogP contribution in [0.4, 0.5) is 0 Å². The van der Waals surface area contributed by atoms with Crippen LogP contribution in [0.25, 0.3) is 0 Å². The first-order valence-corrected chi connectivity index (χ1v) is 7.53. The highest BCUT2D eigenvalue weighted by atomic mass is 15.2. The molecule has 0 spiro atoms. The minimum absolute atomic E-state index is 0.624. The Bertz CT molecular complexity index is 175. The molecule has 2 atom stereocenters. The van der Waals surface area contributed by atoms with Gasteiger partial charge in [0.25, 0.3) is 0 Å². The molecule has 0 saturated carbocycles. The second-order valence-electron chi connectivity index (χ2n) is 5.10. The first-order valence-electron chi connectivity index (χ1n) is 7.53. The Hall–Kier alpha value is -0.160. The van der Waals surface area contributed by atoms with Gasteiger partial charge in [-0.25, -0.2) is 0 Å². The predicted molar refractivity (Wildman–Crippen MR) is 81.0 cm³/mol. The molecule has 2 unspecified atom stereocenters. The number of hydrogen-bond acceptors (Lipinski definition) is 4. The molecule has 0 heterocycles. The maximum Gasteiger partial charge on any atom is 0.0110 e. The van der Waals surface area contributed by atoms with Gasteiger partial charge in [-0.15, -0.1) is 0 Å². The Balaban J connectivity index is 3.84. The first-order chi connectivity index (χ1) is 8.65. The Morgan fingerprint density at radius 2 is 1.67 bits per heavy atom. The van der Waals surface area contributed by atoms with Crippen LogP contribution in [0.2, 0.25) is 0 Å². The van der Waals surface area contributed by atoms with Crippen molar-refractivity contribution in [2.75, 3.05) is 39.3 Å². The van der Waals surface area contributed by atoms with E-state index in [0.717, 1.165) is 39.3 Å². The summed E-state index contributed by atoms with van der Waals surface area (Å²) in [4.78, 5) is 2.55. The largest absolute Gasteiger partial charge is 0.329 e. The molecule has 0 amide bonds. The second-order valence-corrected chi connectivity index (χ2v) is 5.10. The van der Waals surface area contributed by atoms with Gasteiger partial charge in [-0.3, -0.25) is 4.90 Å². The van der Waals surface area contributed by atoms with Crippen LogP contribution in [0.15, 0.2) is 0 Å². The molecule has 110 valence electrons. The summed E-state index contributed by atoms with van der Waals surface area (Å²) in [6, 6.07) is 1.28. The van der Waals surface area contributed by atoms with Crippen LogP contribution in [-0.4, -0.2) is 56.3 Å². The highest BCUT2D eigenvalue weighted by molar-refractivity contribution is 4.69.